The fraction of sp³-hybridized carbons (Fsp3) is 0.833. The second-order valence-corrected chi connectivity index (χ2v) is 8.80. The first kappa shape index (κ1) is 15.1. The zero-order chi connectivity index (χ0) is 15.1. The van der Waals surface area contributed by atoms with E-state index in [0.717, 1.165) is 6.54 Å². The second-order valence-electron chi connectivity index (χ2n) is 8.80. The molecule has 1 N–H and O–H groups in total. The van der Waals surface area contributed by atoms with Gasteiger partial charge in [-0.05, 0) is 49.5 Å². The van der Waals surface area contributed by atoms with Gasteiger partial charge >= 0.3 is 0 Å². The highest BCUT2D eigenvalue weighted by Crippen LogP contribution is 2.50. The summed E-state index contributed by atoms with van der Waals surface area (Å²) < 4.78 is 2.49. The number of nitrogens with one attached hydrogen (secondary N) is 1. The van der Waals surface area contributed by atoms with E-state index in [4.69, 9.17) is 0 Å². The molecule has 1 saturated carbocycles. The van der Waals surface area contributed by atoms with Crippen molar-refractivity contribution in [2.75, 3.05) is 6.54 Å². The van der Waals surface area contributed by atoms with Crippen LogP contribution < -0.4 is 5.32 Å². The third-order valence-electron chi connectivity index (χ3n) is 5.29. The third kappa shape index (κ3) is 3.33. The van der Waals surface area contributed by atoms with Crippen molar-refractivity contribution in [2.45, 2.75) is 78.3 Å². The zero-order valence-electron chi connectivity index (χ0n) is 14.2. The van der Waals surface area contributed by atoms with Gasteiger partial charge < -0.3 is 9.88 Å². The SMILES string of the molecule is CC1(C)CC(n2cncc2C2CCCCN2)CC(C)(C)C1. The Kier molecular flexibility index (Phi) is 3.89. The molecule has 21 heavy (non-hydrogen) atoms. The maximum Gasteiger partial charge on any atom is 0.0951 e. The molecule has 1 aromatic heterocycles. The predicted octanol–water partition coefficient (Wildman–Crippen LogP) is 4.48. The minimum atomic E-state index is 0.425. The summed E-state index contributed by atoms with van der Waals surface area (Å²) in [6, 6.07) is 1.11. The first-order valence-electron chi connectivity index (χ1n) is 8.61. The molecule has 118 valence electrons. The molecule has 0 bridgehead atoms. The molecule has 1 aromatic rings. The van der Waals surface area contributed by atoms with Gasteiger partial charge in [-0.25, -0.2) is 4.98 Å². The molecule has 0 amide bonds. The number of hydrogen-bond acceptors (Lipinski definition) is 2. The van der Waals surface area contributed by atoms with Gasteiger partial charge in [0.1, 0.15) is 0 Å². The number of hydrogen-bond donors (Lipinski definition) is 1. The summed E-state index contributed by atoms with van der Waals surface area (Å²) >= 11 is 0. The fourth-order valence-electron chi connectivity index (χ4n) is 4.98. The lowest BCUT2D eigenvalue weighted by Gasteiger charge is -2.46. The molecule has 3 heteroatoms. The van der Waals surface area contributed by atoms with Crippen molar-refractivity contribution in [1.29, 1.82) is 0 Å². The van der Waals surface area contributed by atoms with Crippen molar-refractivity contribution in [2.24, 2.45) is 10.8 Å². The molecule has 1 aliphatic carbocycles. The zero-order valence-corrected chi connectivity index (χ0v) is 14.2. The minimum Gasteiger partial charge on any atom is -0.330 e. The first-order chi connectivity index (χ1) is 9.86. The fourth-order valence-corrected chi connectivity index (χ4v) is 4.98. The quantitative estimate of drug-likeness (QED) is 0.870. The Hall–Kier alpha value is -0.830. The molecule has 2 heterocycles. The Morgan fingerprint density at radius 3 is 2.48 bits per heavy atom. The molecule has 2 aliphatic rings. The molecule has 3 nitrogen and oxygen atoms in total. The second kappa shape index (κ2) is 5.42. The summed E-state index contributed by atoms with van der Waals surface area (Å²) in [5, 5.41) is 3.68. The van der Waals surface area contributed by atoms with E-state index in [0.29, 0.717) is 22.9 Å². The molecule has 0 radical (unpaired) electrons. The van der Waals surface area contributed by atoms with Crippen LogP contribution in [0.4, 0.5) is 0 Å². The minimum absolute atomic E-state index is 0.425. The van der Waals surface area contributed by atoms with Gasteiger partial charge in [-0.2, -0.15) is 0 Å². The Morgan fingerprint density at radius 2 is 1.86 bits per heavy atom. The smallest absolute Gasteiger partial charge is 0.0951 e. The summed E-state index contributed by atoms with van der Waals surface area (Å²) in [5.74, 6) is 0. The molecule has 0 spiro atoms. The van der Waals surface area contributed by atoms with Crippen molar-refractivity contribution < 1.29 is 0 Å². The van der Waals surface area contributed by atoms with Crippen LogP contribution in [0.5, 0.6) is 0 Å². The van der Waals surface area contributed by atoms with Crippen LogP contribution in [0.15, 0.2) is 12.5 Å². The lowest BCUT2D eigenvalue weighted by Crippen LogP contribution is -2.36. The average molecular weight is 289 g/mol. The lowest BCUT2D eigenvalue weighted by atomic mass is 9.63. The highest BCUT2D eigenvalue weighted by Gasteiger charge is 2.39. The van der Waals surface area contributed by atoms with Crippen molar-refractivity contribution in [1.82, 2.24) is 14.9 Å². The predicted molar refractivity (Wildman–Crippen MR) is 87.3 cm³/mol. The van der Waals surface area contributed by atoms with E-state index in [1.807, 2.05) is 0 Å². The number of aromatic nitrogens is 2. The van der Waals surface area contributed by atoms with Gasteiger partial charge in [0.2, 0.25) is 0 Å². The summed E-state index contributed by atoms with van der Waals surface area (Å²) in [6.07, 6.45) is 11.9. The lowest BCUT2D eigenvalue weighted by molar-refractivity contribution is 0.0703. The highest BCUT2D eigenvalue weighted by molar-refractivity contribution is 5.09. The Labute approximate surface area is 129 Å². The monoisotopic (exact) mass is 289 g/mol. The molecule has 2 fully saturated rings. The molecule has 1 aliphatic heterocycles. The maximum absolute atomic E-state index is 4.49. The van der Waals surface area contributed by atoms with Crippen LogP contribution in [0.3, 0.4) is 0 Å². The van der Waals surface area contributed by atoms with Gasteiger partial charge in [0, 0.05) is 18.3 Å². The van der Waals surface area contributed by atoms with Gasteiger partial charge in [0.05, 0.1) is 12.0 Å². The molecule has 1 unspecified atom stereocenters. The molecular weight excluding hydrogens is 258 g/mol. The van der Waals surface area contributed by atoms with Gasteiger partial charge in [-0.1, -0.05) is 34.1 Å². The molecule has 1 atom stereocenters. The van der Waals surface area contributed by atoms with E-state index in [1.54, 1.807) is 0 Å². The van der Waals surface area contributed by atoms with E-state index in [9.17, 15) is 0 Å². The number of rotatable bonds is 2. The van der Waals surface area contributed by atoms with Crippen LogP contribution >= 0.6 is 0 Å². The summed E-state index contributed by atoms with van der Waals surface area (Å²) in [7, 11) is 0. The first-order valence-corrected chi connectivity index (χ1v) is 8.61. The Balaban J connectivity index is 1.85. The summed E-state index contributed by atoms with van der Waals surface area (Å²) in [5.41, 5.74) is 2.26. The topological polar surface area (TPSA) is 29.9 Å². The normalized spacial score (nSPS) is 29.4. The van der Waals surface area contributed by atoms with Gasteiger partial charge in [-0.15, -0.1) is 0 Å². The largest absolute Gasteiger partial charge is 0.330 e. The number of imidazole rings is 1. The number of piperidine rings is 1. The summed E-state index contributed by atoms with van der Waals surface area (Å²) in [6.45, 7) is 10.9. The Bertz CT molecular complexity index is 464. The van der Waals surface area contributed by atoms with Crippen molar-refractivity contribution >= 4 is 0 Å². The standard InChI is InChI=1S/C18H31N3/c1-17(2)9-14(10-18(3,4)12-17)21-13-19-11-16(21)15-7-5-6-8-20-15/h11,13-15,20H,5-10,12H2,1-4H3. The molecule has 1 saturated heterocycles. The van der Waals surface area contributed by atoms with Crippen LogP contribution in [0.2, 0.25) is 0 Å². The van der Waals surface area contributed by atoms with Crippen LogP contribution in [-0.2, 0) is 0 Å². The molecular formula is C18H31N3. The van der Waals surface area contributed by atoms with Crippen LogP contribution in [-0.4, -0.2) is 16.1 Å². The van der Waals surface area contributed by atoms with Crippen molar-refractivity contribution in [3.05, 3.63) is 18.2 Å². The van der Waals surface area contributed by atoms with E-state index in [2.05, 4.69) is 55.1 Å². The van der Waals surface area contributed by atoms with Crippen LogP contribution in [0, 0.1) is 10.8 Å². The van der Waals surface area contributed by atoms with Gasteiger partial charge in [0.25, 0.3) is 0 Å². The van der Waals surface area contributed by atoms with Crippen molar-refractivity contribution in [3.63, 3.8) is 0 Å². The Morgan fingerprint density at radius 1 is 1.14 bits per heavy atom. The summed E-state index contributed by atoms with van der Waals surface area (Å²) in [4.78, 5) is 4.49. The highest BCUT2D eigenvalue weighted by atomic mass is 15.1. The maximum atomic E-state index is 4.49. The van der Waals surface area contributed by atoms with E-state index in [1.165, 1.54) is 44.2 Å². The average Bonchev–Trinajstić information content (AvgIpc) is 2.85. The van der Waals surface area contributed by atoms with Crippen molar-refractivity contribution in [3.8, 4) is 0 Å². The van der Waals surface area contributed by atoms with Gasteiger partial charge in [0.15, 0.2) is 0 Å². The molecule has 3 rings (SSSR count). The van der Waals surface area contributed by atoms with Gasteiger partial charge in [-0.3, -0.25) is 0 Å². The van der Waals surface area contributed by atoms with E-state index in [-0.39, 0.29) is 0 Å². The number of nitrogens with zero attached hydrogens (tertiary/aromatic N) is 2. The van der Waals surface area contributed by atoms with E-state index < -0.39 is 0 Å². The van der Waals surface area contributed by atoms with Crippen LogP contribution in [0.1, 0.15) is 84.0 Å². The molecule has 0 aromatic carbocycles. The van der Waals surface area contributed by atoms with Crippen LogP contribution in [0.25, 0.3) is 0 Å². The van der Waals surface area contributed by atoms with E-state index >= 15 is 0 Å². The third-order valence-corrected chi connectivity index (χ3v) is 5.29.